The number of ether oxygens (including phenoxy) is 1. The van der Waals surface area contributed by atoms with Crippen LogP contribution in [0.3, 0.4) is 0 Å². The summed E-state index contributed by atoms with van der Waals surface area (Å²) < 4.78 is 5.36. The highest BCUT2D eigenvalue weighted by molar-refractivity contribution is 5.91. The van der Waals surface area contributed by atoms with Gasteiger partial charge in [0.2, 0.25) is 5.43 Å². The molecule has 0 spiro atoms. The molecule has 0 heterocycles. The molecule has 0 aliphatic heterocycles. The zero-order valence-electron chi connectivity index (χ0n) is 12.7. The van der Waals surface area contributed by atoms with E-state index in [2.05, 4.69) is 0 Å². The second kappa shape index (κ2) is 5.92. The first-order chi connectivity index (χ1) is 9.88. The van der Waals surface area contributed by atoms with Crippen molar-refractivity contribution in [2.45, 2.75) is 27.7 Å². The predicted octanol–water partition coefficient (Wildman–Crippen LogP) is 3.50. The molecule has 0 fully saturated rings. The van der Waals surface area contributed by atoms with Gasteiger partial charge in [0.1, 0.15) is 0 Å². The van der Waals surface area contributed by atoms with E-state index in [1.165, 1.54) is 0 Å². The zero-order chi connectivity index (χ0) is 15.6. The van der Waals surface area contributed by atoms with E-state index >= 15 is 0 Å². The van der Waals surface area contributed by atoms with Crippen molar-refractivity contribution in [2.24, 2.45) is 0 Å². The quantitative estimate of drug-likeness (QED) is 0.792. The summed E-state index contributed by atoms with van der Waals surface area (Å²) in [6.07, 6.45) is 0. The summed E-state index contributed by atoms with van der Waals surface area (Å²) in [6, 6.07) is 10.7. The molecule has 0 bridgehead atoms. The number of esters is 1. The van der Waals surface area contributed by atoms with Gasteiger partial charge in [0, 0.05) is 5.56 Å². The Balaban J connectivity index is 2.45. The highest BCUT2D eigenvalue weighted by Crippen LogP contribution is 2.16. The third-order valence-corrected chi connectivity index (χ3v) is 3.26. The average Bonchev–Trinajstić information content (AvgIpc) is 2.50. The van der Waals surface area contributed by atoms with E-state index in [4.69, 9.17) is 4.74 Å². The number of hydrogen-bond acceptors (Lipinski definition) is 3. The SMILES string of the molecule is Cc1cccc(C(=O)Oc2c(C)cc(C)cc(C)c2=O)c1. The minimum absolute atomic E-state index is 0.104. The Hall–Kier alpha value is -2.42. The topological polar surface area (TPSA) is 43.4 Å². The lowest BCUT2D eigenvalue weighted by molar-refractivity contribution is 0.0732. The molecule has 0 aliphatic rings. The Morgan fingerprint density at radius 1 is 0.905 bits per heavy atom. The Kier molecular flexibility index (Phi) is 4.22. The lowest BCUT2D eigenvalue weighted by Crippen LogP contribution is -2.16. The van der Waals surface area contributed by atoms with Crippen LogP contribution < -0.4 is 10.2 Å². The van der Waals surface area contributed by atoms with Gasteiger partial charge >= 0.3 is 5.97 Å². The molecule has 108 valence electrons. The number of benzene rings is 1. The van der Waals surface area contributed by atoms with Crippen LogP contribution in [0.1, 0.15) is 32.6 Å². The van der Waals surface area contributed by atoms with Gasteiger partial charge in [0.25, 0.3) is 0 Å². The number of aryl methyl sites for hydroxylation is 4. The van der Waals surface area contributed by atoms with Crippen LogP contribution in [0.4, 0.5) is 0 Å². The van der Waals surface area contributed by atoms with E-state index in [1.807, 2.05) is 26.0 Å². The molecule has 0 radical (unpaired) electrons. The van der Waals surface area contributed by atoms with E-state index in [0.29, 0.717) is 16.7 Å². The number of rotatable bonds is 2. The van der Waals surface area contributed by atoms with E-state index in [0.717, 1.165) is 11.1 Å². The van der Waals surface area contributed by atoms with E-state index in [9.17, 15) is 9.59 Å². The highest BCUT2D eigenvalue weighted by Gasteiger charge is 2.14. The maximum atomic E-state index is 12.3. The monoisotopic (exact) mass is 282 g/mol. The maximum absolute atomic E-state index is 12.3. The molecule has 0 aromatic heterocycles. The summed E-state index contributed by atoms with van der Waals surface area (Å²) in [5.74, 6) is -0.408. The maximum Gasteiger partial charge on any atom is 0.343 e. The van der Waals surface area contributed by atoms with E-state index < -0.39 is 5.97 Å². The van der Waals surface area contributed by atoms with Gasteiger partial charge in [-0.2, -0.15) is 0 Å². The lowest BCUT2D eigenvalue weighted by Gasteiger charge is -2.05. The van der Waals surface area contributed by atoms with E-state index in [1.54, 1.807) is 38.1 Å². The summed E-state index contributed by atoms with van der Waals surface area (Å²) in [6.45, 7) is 7.30. The van der Waals surface area contributed by atoms with Gasteiger partial charge in [0.05, 0.1) is 5.56 Å². The van der Waals surface area contributed by atoms with E-state index in [-0.39, 0.29) is 11.2 Å². The predicted molar refractivity (Wildman–Crippen MR) is 83.1 cm³/mol. The van der Waals surface area contributed by atoms with Crippen molar-refractivity contribution in [1.29, 1.82) is 0 Å². The van der Waals surface area contributed by atoms with Crippen molar-refractivity contribution < 1.29 is 9.53 Å². The molecule has 0 saturated heterocycles. The van der Waals surface area contributed by atoms with Gasteiger partial charge < -0.3 is 4.74 Å². The molecular weight excluding hydrogens is 264 g/mol. The lowest BCUT2D eigenvalue weighted by atomic mass is 10.1. The fourth-order valence-electron chi connectivity index (χ4n) is 2.26. The molecule has 0 aliphatic carbocycles. The summed E-state index contributed by atoms with van der Waals surface area (Å²) in [5, 5.41) is 0. The van der Waals surface area contributed by atoms with Crippen molar-refractivity contribution in [3.63, 3.8) is 0 Å². The first-order valence-electron chi connectivity index (χ1n) is 6.79. The molecule has 0 N–H and O–H groups in total. The van der Waals surface area contributed by atoms with Crippen LogP contribution in [0.5, 0.6) is 5.75 Å². The van der Waals surface area contributed by atoms with Gasteiger partial charge in [-0.25, -0.2) is 4.79 Å². The fourth-order valence-corrected chi connectivity index (χ4v) is 2.26. The molecule has 0 amide bonds. The average molecular weight is 282 g/mol. The second-order valence-electron chi connectivity index (χ2n) is 5.32. The van der Waals surface area contributed by atoms with Crippen LogP contribution in [-0.2, 0) is 0 Å². The minimum atomic E-state index is -0.512. The number of carbonyl (C=O) groups is 1. The summed E-state index contributed by atoms with van der Waals surface area (Å²) >= 11 is 0. The van der Waals surface area contributed by atoms with Crippen LogP contribution in [-0.4, -0.2) is 5.97 Å². The van der Waals surface area contributed by atoms with Gasteiger partial charge in [-0.05, 0) is 45.4 Å². The first-order valence-corrected chi connectivity index (χ1v) is 6.79. The van der Waals surface area contributed by atoms with Crippen LogP contribution in [0, 0.1) is 27.7 Å². The molecule has 21 heavy (non-hydrogen) atoms. The molecule has 0 unspecified atom stereocenters. The Morgan fingerprint density at radius 3 is 2.24 bits per heavy atom. The van der Waals surface area contributed by atoms with Gasteiger partial charge in [-0.1, -0.05) is 35.4 Å². The van der Waals surface area contributed by atoms with Crippen molar-refractivity contribution in [2.75, 3.05) is 0 Å². The van der Waals surface area contributed by atoms with Gasteiger partial charge in [0.15, 0.2) is 5.75 Å². The number of hydrogen-bond donors (Lipinski definition) is 0. The molecule has 2 aromatic rings. The van der Waals surface area contributed by atoms with Gasteiger partial charge in [-0.3, -0.25) is 4.79 Å². The van der Waals surface area contributed by atoms with Crippen LogP contribution >= 0.6 is 0 Å². The molecular formula is C18H18O3. The standard InChI is InChI=1S/C18H18O3/c1-11-6-5-7-15(10-11)18(20)21-17-14(4)9-12(2)8-13(3)16(17)19/h5-10H,1-4H3. The third kappa shape index (κ3) is 3.37. The van der Waals surface area contributed by atoms with Crippen LogP contribution in [0.2, 0.25) is 0 Å². The number of carbonyl (C=O) groups excluding carboxylic acids is 1. The summed E-state index contributed by atoms with van der Waals surface area (Å²) in [5.41, 5.74) is 3.34. The highest BCUT2D eigenvalue weighted by atomic mass is 16.5. The Morgan fingerprint density at radius 2 is 1.57 bits per heavy atom. The van der Waals surface area contributed by atoms with Gasteiger partial charge in [-0.15, -0.1) is 0 Å². The van der Waals surface area contributed by atoms with Crippen molar-refractivity contribution in [3.8, 4) is 5.75 Å². The van der Waals surface area contributed by atoms with Crippen molar-refractivity contribution in [1.82, 2.24) is 0 Å². The molecule has 0 atom stereocenters. The van der Waals surface area contributed by atoms with Crippen LogP contribution in [0.25, 0.3) is 0 Å². The molecule has 3 heteroatoms. The molecule has 0 saturated carbocycles. The molecule has 2 rings (SSSR count). The second-order valence-corrected chi connectivity index (χ2v) is 5.32. The zero-order valence-corrected chi connectivity index (χ0v) is 12.7. The van der Waals surface area contributed by atoms with Crippen LogP contribution in [0.15, 0.2) is 41.2 Å². The fraction of sp³-hybridized carbons (Fsp3) is 0.222. The van der Waals surface area contributed by atoms with Crippen molar-refractivity contribution >= 4 is 5.97 Å². The van der Waals surface area contributed by atoms with Crippen molar-refractivity contribution in [3.05, 3.63) is 74.4 Å². The normalized spacial score (nSPS) is 10.3. The third-order valence-electron chi connectivity index (χ3n) is 3.26. The largest absolute Gasteiger partial charge is 0.418 e. The molecule has 2 aromatic carbocycles. The summed E-state index contributed by atoms with van der Waals surface area (Å²) in [7, 11) is 0. The Bertz CT molecular complexity index is 761. The Labute approximate surface area is 124 Å². The first kappa shape index (κ1) is 15.0. The molecule has 3 nitrogen and oxygen atoms in total. The minimum Gasteiger partial charge on any atom is -0.418 e. The summed E-state index contributed by atoms with van der Waals surface area (Å²) in [4.78, 5) is 24.5. The smallest absolute Gasteiger partial charge is 0.343 e.